The van der Waals surface area contributed by atoms with Gasteiger partial charge in [-0.05, 0) is 32.3 Å². The van der Waals surface area contributed by atoms with Crippen LogP contribution in [-0.4, -0.2) is 28.4 Å². The normalized spacial score (nSPS) is 29.3. The highest BCUT2D eigenvalue weighted by Crippen LogP contribution is 2.37. The number of carbonyl (C=O) groups is 1. The zero-order chi connectivity index (χ0) is 11.8. The van der Waals surface area contributed by atoms with E-state index in [1.54, 1.807) is 12.3 Å². The van der Waals surface area contributed by atoms with E-state index < -0.39 is 5.60 Å². The molecular weight excluding hydrogens is 206 g/mol. The molecule has 2 unspecified atom stereocenters. The Bertz CT molecular complexity index is 395. The summed E-state index contributed by atoms with van der Waals surface area (Å²) in [6.45, 7) is 1.86. The van der Waals surface area contributed by atoms with Gasteiger partial charge in [0.25, 0.3) is 0 Å². The third-order valence-electron chi connectivity index (χ3n) is 3.25. The summed E-state index contributed by atoms with van der Waals surface area (Å²) in [5.74, 6) is -0.316. The van der Waals surface area contributed by atoms with Crippen LogP contribution in [0.5, 0.6) is 0 Å². The summed E-state index contributed by atoms with van der Waals surface area (Å²) in [6.07, 6.45) is 6.16. The number of rotatable bonds is 2. The van der Waals surface area contributed by atoms with Crippen LogP contribution in [0.2, 0.25) is 0 Å². The lowest BCUT2D eigenvalue weighted by Crippen LogP contribution is -2.19. The molecule has 0 bridgehead atoms. The second-order valence-corrected chi connectivity index (χ2v) is 4.73. The molecule has 16 heavy (non-hydrogen) atoms. The molecular formula is C12H17NO3. The molecule has 4 nitrogen and oxygen atoms in total. The van der Waals surface area contributed by atoms with Crippen LogP contribution < -0.4 is 0 Å². The van der Waals surface area contributed by atoms with E-state index in [1.165, 1.54) is 7.11 Å². The van der Waals surface area contributed by atoms with Crippen LogP contribution in [0.1, 0.15) is 42.6 Å². The number of ether oxygens (including phenoxy) is 1. The highest BCUT2D eigenvalue weighted by molar-refractivity contribution is 5.89. The van der Waals surface area contributed by atoms with Gasteiger partial charge < -0.3 is 14.4 Å². The predicted molar refractivity (Wildman–Crippen MR) is 59.3 cm³/mol. The summed E-state index contributed by atoms with van der Waals surface area (Å²) >= 11 is 0. The minimum absolute atomic E-state index is 0.286. The Morgan fingerprint density at radius 3 is 3.00 bits per heavy atom. The summed E-state index contributed by atoms with van der Waals surface area (Å²) in [4.78, 5) is 11.3. The number of methoxy groups -OCH3 is 1. The van der Waals surface area contributed by atoms with Crippen LogP contribution in [0.15, 0.2) is 18.5 Å². The quantitative estimate of drug-likeness (QED) is 0.777. The van der Waals surface area contributed by atoms with Gasteiger partial charge in [-0.1, -0.05) is 0 Å². The molecule has 4 heteroatoms. The van der Waals surface area contributed by atoms with Crippen molar-refractivity contribution in [1.82, 2.24) is 4.57 Å². The number of nitrogens with zero attached hydrogens (tertiary/aromatic N) is 1. The number of carbonyl (C=O) groups excluding carboxylic acids is 1. The average molecular weight is 223 g/mol. The summed E-state index contributed by atoms with van der Waals surface area (Å²) in [5.41, 5.74) is -0.00515. The van der Waals surface area contributed by atoms with Crippen molar-refractivity contribution in [3.05, 3.63) is 24.0 Å². The monoisotopic (exact) mass is 223 g/mol. The van der Waals surface area contributed by atoms with Crippen molar-refractivity contribution in [3.63, 3.8) is 0 Å². The second-order valence-electron chi connectivity index (χ2n) is 4.73. The Kier molecular flexibility index (Phi) is 2.76. The molecule has 1 aromatic rings. The van der Waals surface area contributed by atoms with Gasteiger partial charge in [0.15, 0.2) is 0 Å². The Morgan fingerprint density at radius 1 is 1.69 bits per heavy atom. The van der Waals surface area contributed by atoms with Gasteiger partial charge in [-0.3, -0.25) is 0 Å². The lowest BCUT2D eigenvalue weighted by molar-refractivity contribution is 0.0600. The molecule has 1 aliphatic rings. The van der Waals surface area contributed by atoms with Crippen molar-refractivity contribution >= 4 is 5.97 Å². The smallest absolute Gasteiger partial charge is 0.339 e. The minimum atomic E-state index is -0.569. The fourth-order valence-corrected chi connectivity index (χ4v) is 2.32. The van der Waals surface area contributed by atoms with E-state index >= 15 is 0 Å². The first-order valence-corrected chi connectivity index (χ1v) is 5.50. The van der Waals surface area contributed by atoms with Gasteiger partial charge in [0, 0.05) is 18.4 Å². The first-order chi connectivity index (χ1) is 7.52. The highest BCUT2D eigenvalue weighted by atomic mass is 16.5. The third kappa shape index (κ3) is 2.11. The SMILES string of the molecule is COC(=O)c1ccn(C2CCC(C)(O)C2)c1. The molecule has 88 valence electrons. The predicted octanol–water partition coefficient (Wildman–Crippen LogP) is 1.75. The van der Waals surface area contributed by atoms with Crippen LogP contribution in [0.25, 0.3) is 0 Å². The topological polar surface area (TPSA) is 51.5 Å². The molecule has 0 radical (unpaired) electrons. The van der Waals surface area contributed by atoms with Gasteiger partial charge in [-0.25, -0.2) is 4.79 Å². The van der Waals surface area contributed by atoms with E-state index in [0.717, 1.165) is 19.3 Å². The number of esters is 1. The van der Waals surface area contributed by atoms with Crippen LogP contribution in [0.3, 0.4) is 0 Å². The van der Waals surface area contributed by atoms with Crippen molar-refractivity contribution in [2.45, 2.75) is 37.8 Å². The number of aromatic nitrogens is 1. The minimum Gasteiger partial charge on any atom is -0.465 e. The largest absolute Gasteiger partial charge is 0.465 e. The van der Waals surface area contributed by atoms with Crippen molar-refractivity contribution in [2.24, 2.45) is 0 Å². The van der Waals surface area contributed by atoms with Gasteiger partial charge >= 0.3 is 5.97 Å². The van der Waals surface area contributed by atoms with Crippen molar-refractivity contribution in [2.75, 3.05) is 7.11 Å². The van der Waals surface area contributed by atoms with Gasteiger partial charge in [0.05, 0.1) is 18.3 Å². The zero-order valence-corrected chi connectivity index (χ0v) is 9.64. The van der Waals surface area contributed by atoms with E-state index in [4.69, 9.17) is 0 Å². The van der Waals surface area contributed by atoms with E-state index in [9.17, 15) is 9.90 Å². The highest BCUT2D eigenvalue weighted by Gasteiger charge is 2.33. The van der Waals surface area contributed by atoms with Crippen LogP contribution in [-0.2, 0) is 4.74 Å². The summed E-state index contributed by atoms with van der Waals surface area (Å²) in [7, 11) is 1.38. The number of hydrogen-bond donors (Lipinski definition) is 1. The average Bonchev–Trinajstić information content (AvgIpc) is 2.83. The molecule has 1 N–H and O–H groups in total. The molecule has 0 amide bonds. The summed E-state index contributed by atoms with van der Waals surface area (Å²) in [6, 6.07) is 2.03. The maximum absolute atomic E-state index is 11.3. The summed E-state index contributed by atoms with van der Waals surface area (Å²) < 4.78 is 6.65. The Hall–Kier alpha value is -1.29. The van der Waals surface area contributed by atoms with E-state index in [2.05, 4.69) is 4.74 Å². The van der Waals surface area contributed by atoms with Crippen LogP contribution in [0, 0.1) is 0 Å². The molecule has 2 rings (SSSR count). The van der Waals surface area contributed by atoms with E-state index in [-0.39, 0.29) is 12.0 Å². The van der Waals surface area contributed by atoms with E-state index in [1.807, 2.05) is 17.7 Å². The standard InChI is InChI=1S/C12H17NO3/c1-12(15)5-3-10(7-12)13-6-4-9(8-13)11(14)16-2/h4,6,8,10,15H,3,5,7H2,1-2H3. The Morgan fingerprint density at radius 2 is 2.44 bits per heavy atom. The first-order valence-electron chi connectivity index (χ1n) is 5.50. The third-order valence-corrected chi connectivity index (χ3v) is 3.25. The molecule has 1 heterocycles. The fraction of sp³-hybridized carbons (Fsp3) is 0.583. The molecule has 1 fully saturated rings. The second kappa shape index (κ2) is 3.94. The van der Waals surface area contributed by atoms with Gasteiger partial charge in [-0.2, -0.15) is 0 Å². The first kappa shape index (κ1) is 11.2. The molecule has 1 aliphatic carbocycles. The molecule has 0 aliphatic heterocycles. The molecule has 0 aromatic carbocycles. The Labute approximate surface area is 94.8 Å². The molecule has 1 saturated carbocycles. The molecule has 0 spiro atoms. The van der Waals surface area contributed by atoms with Crippen LogP contribution >= 0.6 is 0 Å². The Balaban J connectivity index is 2.11. The van der Waals surface area contributed by atoms with Crippen molar-refractivity contribution < 1.29 is 14.6 Å². The number of hydrogen-bond acceptors (Lipinski definition) is 3. The van der Waals surface area contributed by atoms with Gasteiger partial charge in [-0.15, -0.1) is 0 Å². The lowest BCUT2D eigenvalue weighted by atomic mass is 10.1. The molecule has 0 saturated heterocycles. The van der Waals surface area contributed by atoms with Crippen molar-refractivity contribution in [3.8, 4) is 0 Å². The van der Waals surface area contributed by atoms with E-state index in [0.29, 0.717) is 5.56 Å². The summed E-state index contributed by atoms with van der Waals surface area (Å²) in [5, 5.41) is 9.88. The lowest BCUT2D eigenvalue weighted by Gasteiger charge is -2.16. The molecule has 2 atom stereocenters. The fourth-order valence-electron chi connectivity index (χ4n) is 2.32. The van der Waals surface area contributed by atoms with Crippen LogP contribution in [0.4, 0.5) is 0 Å². The maximum atomic E-state index is 11.3. The zero-order valence-electron chi connectivity index (χ0n) is 9.64. The van der Waals surface area contributed by atoms with Gasteiger partial charge in [0.2, 0.25) is 0 Å². The molecule has 1 aromatic heterocycles. The number of aliphatic hydroxyl groups is 1. The van der Waals surface area contributed by atoms with Gasteiger partial charge in [0.1, 0.15) is 0 Å². The van der Waals surface area contributed by atoms with Crippen molar-refractivity contribution in [1.29, 1.82) is 0 Å². The maximum Gasteiger partial charge on any atom is 0.339 e.